The van der Waals surface area contributed by atoms with Crippen LogP contribution >= 0.6 is 32.9 Å². The van der Waals surface area contributed by atoms with Crippen LogP contribution in [0.25, 0.3) is 0 Å². The first-order valence-corrected chi connectivity index (χ1v) is 7.55. The van der Waals surface area contributed by atoms with E-state index in [4.69, 9.17) is 16.0 Å². The highest BCUT2D eigenvalue weighted by Gasteiger charge is 1.99. The van der Waals surface area contributed by atoms with Gasteiger partial charge in [-0.2, -0.15) is 9.59 Å². The van der Waals surface area contributed by atoms with Gasteiger partial charge in [-0.1, -0.05) is 12.8 Å². The van der Waals surface area contributed by atoms with Gasteiger partial charge in [0.15, 0.2) is 12.9 Å². The lowest BCUT2D eigenvalue weighted by Gasteiger charge is -1.99. The number of halogens is 2. The van der Waals surface area contributed by atoms with Crippen LogP contribution in [0.1, 0.15) is 22.8 Å². The molecular formula is C18H12Br2N2O6. The fourth-order valence-corrected chi connectivity index (χ4v) is 1.62. The van der Waals surface area contributed by atoms with Gasteiger partial charge in [0.2, 0.25) is 0 Å². The monoisotopic (exact) mass is 510 g/mol. The van der Waals surface area contributed by atoms with Gasteiger partial charge in [0.1, 0.15) is 4.60 Å². The summed E-state index contributed by atoms with van der Waals surface area (Å²) in [6, 6.07) is 1.84. The molecule has 1 aromatic heterocycles. The van der Waals surface area contributed by atoms with Crippen molar-refractivity contribution < 1.29 is 24.3 Å². The van der Waals surface area contributed by atoms with Gasteiger partial charge in [-0.25, -0.2) is 4.98 Å². The molecule has 144 valence electrons. The second-order valence-corrected chi connectivity index (χ2v) is 4.47. The van der Waals surface area contributed by atoms with Crippen LogP contribution in [-0.2, 0) is 20.8 Å². The lowest BCUT2D eigenvalue weighted by atomic mass is 10.2. The van der Waals surface area contributed by atoms with Gasteiger partial charge < -0.3 is 4.84 Å². The van der Waals surface area contributed by atoms with E-state index < -0.39 is 5.09 Å². The number of aromatic nitrogens is 1. The van der Waals surface area contributed by atoms with Crippen molar-refractivity contribution in [2.75, 3.05) is 6.61 Å². The van der Waals surface area contributed by atoms with Crippen LogP contribution < -0.4 is 0 Å². The topological polar surface area (TPSA) is 116 Å². The molecule has 10 heteroatoms. The highest BCUT2D eigenvalue weighted by Crippen LogP contribution is 2.14. The molecule has 0 fully saturated rings. The summed E-state index contributed by atoms with van der Waals surface area (Å²) in [5, 5.41) is 8.68. The zero-order valence-corrected chi connectivity index (χ0v) is 17.7. The molecule has 1 rings (SSSR count). The minimum atomic E-state index is -0.930. The summed E-state index contributed by atoms with van der Waals surface area (Å²) >= 11 is 3.29. The molecule has 0 spiro atoms. The normalized spacial score (nSPS) is 6.61. The Morgan fingerprint density at radius 1 is 1.29 bits per heavy atom. The van der Waals surface area contributed by atoms with Crippen LogP contribution in [0, 0.1) is 58.0 Å². The third-order valence-electron chi connectivity index (χ3n) is 2.10. The number of rotatable bonds is 4. The molecule has 0 saturated carbocycles. The Bertz CT molecular complexity index is 900. The van der Waals surface area contributed by atoms with E-state index in [1.165, 1.54) is 0 Å². The molecule has 0 aliphatic heterocycles. The summed E-state index contributed by atoms with van der Waals surface area (Å²) in [6.45, 7) is 1.72. The highest BCUT2D eigenvalue weighted by molar-refractivity contribution is 9.10. The van der Waals surface area contributed by atoms with E-state index in [1.54, 1.807) is 6.20 Å². The number of hydrogen-bond donors (Lipinski definition) is 0. The van der Waals surface area contributed by atoms with Crippen molar-refractivity contribution in [1.29, 1.82) is 0 Å². The third kappa shape index (κ3) is 18.9. The average molecular weight is 512 g/mol. The molecule has 0 atom stereocenters. The Morgan fingerprint density at radius 3 is 2.36 bits per heavy atom. The lowest BCUT2D eigenvalue weighted by Crippen LogP contribution is -1.99. The van der Waals surface area contributed by atoms with Crippen molar-refractivity contribution in [1.82, 2.24) is 4.98 Å². The Kier molecular flexibility index (Phi) is 22.7. The predicted octanol–water partition coefficient (Wildman–Crippen LogP) is 2.05. The minimum Gasteiger partial charge on any atom is -0.301 e. The summed E-state index contributed by atoms with van der Waals surface area (Å²) in [7, 11) is 0. The van der Waals surface area contributed by atoms with Crippen molar-refractivity contribution in [3.05, 3.63) is 38.1 Å². The predicted molar refractivity (Wildman–Crippen MR) is 107 cm³/mol. The lowest BCUT2D eigenvalue weighted by molar-refractivity contribution is -0.754. The summed E-state index contributed by atoms with van der Waals surface area (Å²) in [4.78, 5) is 44.1. The molecule has 0 saturated heterocycles. The van der Waals surface area contributed by atoms with Gasteiger partial charge in [-0.05, 0) is 69.5 Å². The number of carbonyl (C=O) groups excluding carboxylic acids is 3. The van der Waals surface area contributed by atoms with Crippen LogP contribution in [0.5, 0.6) is 0 Å². The molecule has 0 unspecified atom stereocenters. The third-order valence-corrected chi connectivity index (χ3v) is 2.82. The molecule has 1 heterocycles. The number of carbonyl (C=O) groups is 1. The minimum absolute atomic E-state index is 0. The van der Waals surface area contributed by atoms with Gasteiger partial charge >= 0.3 is 6.15 Å². The average Bonchev–Trinajstić information content (AvgIpc) is 2.65. The van der Waals surface area contributed by atoms with Crippen LogP contribution in [0.2, 0.25) is 0 Å². The largest absolute Gasteiger partial charge is 0.373 e. The summed E-state index contributed by atoms with van der Waals surface area (Å²) in [5.41, 5.74) is 1.69. The maximum absolute atomic E-state index is 10.3. The van der Waals surface area contributed by atoms with Gasteiger partial charge in [0.05, 0.1) is 0 Å². The number of pyridine rings is 1. The Hall–Kier alpha value is -3.40. The van der Waals surface area contributed by atoms with Crippen LogP contribution in [0.3, 0.4) is 0 Å². The van der Waals surface area contributed by atoms with E-state index in [9.17, 15) is 14.9 Å². The Labute approximate surface area is 180 Å². The SMILES string of the molecule is Br.C#CC#CC#CC#CCO[N+](=O)[O-].CCc1cc(C=O)cnc1Br.O=C=O. The first-order valence-electron chi connectivity index (χ1n) is 6.76. The maximum Gasteiger partial charge on any atom is 0.373 e. The fourth-order valence-electron chi connectivity index (χ4n) is 1.12. The zero-order valence-electron chi connectivity index (χ0n) is 14.4. The molecule has 0 aliphatic rings. The number of aldehydes is 1. The second kappa shape index (κ2) is 21.6. The first-order chi connectivity index (χ1) is 13.0. The second-order valence-electron chi connectivity index (χ2n) is 3.72. The Balaban J connectivity index is -0.000000382. The van der Waals surface area contributed by atoms with E-state index in [-0.39, 0.29) is 29.7 Å². The standard InChI is InChI=1S/C9H3NO3.C8H8BrNO.CO2.BrH/c1-2-3-4-5-6-7-8-9-13-10(11)12;1-2-7-3-6(5-11)4-10-8(7)9;2-1-3;/h1H,9H2;3-5H,2H2,1H3;;1H. The summed E-state index contributed by atoms with van der Waals surface area (Å²) in [5.74, 6) is 15.8. The smallest absolute Gasteiger partial charge is 0.301 e. The van der Waals surface area contributed by atoms with Gasteiger partial charge in [0.25, 0.3) is 5.09 Å². The number of hydrogen-bond acceptors (Lipinski definition) is 7. The summed E-state index contributed by atoms with van der Waals surface area (Å²) < 4.78 is 0.825. The molecule has 28 heavy (non-hydrogen) atoms. The molecule has 0 aromatic carbocycles. The highest BCUT2D eigenvalue weighted by atomic mass is 79.9. The quantitative estimate of drug-likeness (QED) is 0.199. The van der Waals surface area contributed by atoms with Crippen molar-refractivity contribution in [3.63, 3.8) is 0 Å². The molecule has 0 radical (unpaired) electrons. The maximum atomic E-state index is 10.3. The molecule has 0 N–H and O–H groups in total. The zero-order chi connectivity index (χ0) is 20.9. The number of aryl methyl sites for hydroxylation is 1. The number of nitrogens with zero attached hydrogens (tertiary/aromatic N) is 2. The molecular weight excluding hydrogens is 500 g/mol. The van der Waals surface area contributed by atoms with E-state index in [2.05, 4.69) is 67.2 Å². The van der Waals surface area contributed by atoms with Crippen LogP contribution in [0.4, 0.5) is 0 Å². The Morgan fingerprint density at radius 2 is 1.86 bits per heavy atom. The van der Waals surface area contributed by atoms with Crippen molar-refractivity contribution in [2.45, 2.75) is 13.3 Å². The van der Waals surface area contributed by atoms with Crippen LogP contribution in [-0.4, -0.2) is 29.1 Å². The fraction of sp³-hybridized carbons (Fsp3) is 0.167. The van der Waals surface area contributed by atoms with Crippen molar-refractivity contribution in [2.24, 2.45) is 0 Å². The van der Waals surface area contributed by atoms with Gasteiger partial charge in [-0.15, -0.1) is 33.5 Å². The van der Waals surface area contributed by atoms with Crippen LogP contribution in [0.15, 0.2) is 16.9 Å². The van der Waals surface area contributed by atoms with E-state index >= 15 is 0 Å². The molecule has 8 nitrogen and oxygen atoms in total. The number of terminal acetylenes is 1. The summed E-state index contributed by atoms with van der Waals surface area (Å²) in [6.07, 6.45) is 8.29. The van der Waals surface area contributed by atoms with Crippen molar-refractivity contribution in [3.8, 4) is 47.9 Å². The first kappa shape index (κ1) is 29.4. The van der Waals surface area contributed by atoms with Gasteiger partial charge in [0, 0.05) is 11.8 Å². The van der Waals surface area contributed by atoms with E-state index in [1.807, 2.05) is 13.0 Å². The van der Waals surface area contributed by atoms with Crippen molar-refractivity contribution >= 4 is 45.3 Å². The molecule has 0 bridgehead atoms. The molecule has 0 amide bonds. The van der Waals surface area contributed by atoms with Gasteiger partial charge in [-0.3, -0.25) is 4.79 Å². The molecule has 0 aliphatic carbocycles. The van der Waals surface area contributed by atoms with E-state index in [0.717, 1.165) is 22.9 Å². The van der Waals surface area contributed by atoms with E-state index in [0.29, 0.717) is 5.56 Å². The molecule has 1 aromatic rings.